The fraction of sp³-hybridized carbons (Fsp3) is 0.571. The van der Waals surface area contributed by atoms with Gasteiger partial charge in [0.1, 0.15) is 5.75 Å². The second-order valence-corrected chi connectivity index (χ2v) is 5.66. The van der Waals surface area contributed by atoms with Crippen LogP contribution in [-0.4, -0.2) is 35.9 Å². The van der Waals surface area contributed by atoms with Crippen molar-refractivity contribution in [3.63, 3.8) is 0 Å². The lowest BCUT2D eigenvalue weighted by molar-refractivity contribution is -0.0498. The van der Waals surface area contributed by atoms with Gasteiger partial charge >= 0.3 is 6.61 Å². The lowest BCUT2D eigenvalue weighted by Crippen LogP contribution is -2.38. The molecule has 0 aromatic heterocycles. The molecule has 1 aromatic carbocycles. The van der Waals surface area contributed by atoms with Gasteiger partial charge in [-0.3, -0.25) is 0 Å². The van der Waals surface area contributed by atoms with Crippen LogP contribution in [0.5, 0.6) is 5.75 Å². The van der Waals surface area contributed by atoms with E-state index < -0.39 is 6.61 Å². The Balaban J connectivity index is 2.61. The highest BCUT2D eigenvalue weighted by atomic mass is 32.2. The third-order valence-corrected chi connectivity index (χ3v) is 4.32. The average Bonchev–Trinajstić information content (AvgIpc) is 2.40. The van der Waals surface area contributed by atoms with Crippen LogP contribution in [0.2, 0.25) is 0 Å². The molecule has 0 heterocycles. The van der Waals surface area contributed by atoms with Crippen LogP contribution < -0.4 is 10.1 Å². The van der Waals surface area contributed by atoms with E-state index in [1.165, 1.54) is 12.1 Å². The number of halogens is 2. The molecule has 1 aromatic rings. The Labute approximate surface area is 122 Å². The third-order valence-electron chi connectivity index (χ3n) is 3.16. The number of alkyl halides is 2. The molecular formula is C14H21F2NO2S. The van der Waals surface area contributed by atoms with E-state index in [0.717, 1.165) is 5.56 Å². The number of nitrogens with one attached hydrogen (secondary N) is 1. The summed E-state index contributed by atoms with van der Waals surface area (Å²) in [5.74, 6) is 0.154. The summed E-state index contributed by atoms with van der Waals surface area (Å²) in [6, 6.07) is 6.78. The van der Waals surface area contributed by atoms with Crippen molar-refractivity contribution in [1.82, 2.24) is 5.32 Å². The summed E-state index contributed by atoms with van der Waals surface area (Å²) in [6.45, 7) is 1.32. The van der Waals surface area contributed by atoms with Gasteiger partial charge < -0.3 is 15.2 Å². The van der Waals surface area contributed by atoms with Crippen molar-refractivity contribution in [3.05, 3.63) is 29.8 Å². The molecule has 0 bridgehead atoms. The van der Waals surface area contributed by atoms with E-state index in [0.29, 0.717) is 0 Å². The lowest BCUT2D eigenvalue weighted by Gasteiger charge is -2.25. The molecule has 3 unspecified atom stereocenters. The number of benzene rings is 1. The minimum atomic E-state index is -2.80. The monoisotopic (exact) mass is 305 g/mol. The van der Waals surface area contributed by atoms with E-state index in [9.17, 15) is 13.9 Å². The van der Waals surface area contributed by atoms with E-state index >= 15 is 0 Å². The number of aliphatic hydroxyl groups is 1. The Bertz CT molecular complexity index is 385. The summed E-state index contributed by atoms with van der Waals surface area (Å²) >= 11 is 1.61. The molecule has 0 aliphatic rings. The molecule has 0 aliphatic carbocycles. The van der Waals surface area contributed by atoms with E-state index in [1.54, 1.807) is 23.9 Å². The summed E-state index contributed by atoms with van der Waals surface area (Å²) in [5, 5.41) is 12.8. The zero-order chi connectivity index (χ0) is 15.1. The quantitative estimate of drug-likeness (QED) is 0.774. The van der Waals surface area contributed by atoms with Crippen molar-refractivity contribution in [1.29, 1.82) is 0 Å². The first-order valence-electron chi connectivity index (χ1n) is 6.42. The van der Waals surface area contributed by atoms with Gasteiger partial charge in [0.05, 0.1) is 6.61 Å². The SMILES string of the molecule is CSC(CO)C(C)NC(C)c1ccc(OC(F)F)cc1. The van der Waals surface area contributed by atoms with Gasteiger partial charge in [-0.25, -0.2) is 0 Å². The van der Waals surface area contributed by atoms with Gasteiger partial charge in [-0.15, -0.1) is 0 Å². The Morgan fingerprint density at radius 2 is 1.85 bits per heavy atom. The first-order chi connectivity index (χ1) is 9.47. The van der Waals surface area contributed by atoms with Crippen LogP contribution in [0.1, 0.15) is 25.5 Å². The molecule has 0 saturated heterocycles. The molecule has 0 radical (unpaired) electrons. The van der Waals surface area contributed by atoms with Crippen molar-refractivity contribution in [2.75, 3.05) is 12.9 Å². The molecule has 0 fully saturated rings. The van der Waals surface area contributed by atoms with Crippen LogP contribution in [0, 0.1) is 0 Å². The molecule has 0 amide bonds. The molecule has 0 aliphatic heterocycles. The van der Waals surface area contributed by atoms with Crippen molar-refractivity contribution in [2.45, 2.75) is 37.8 Å². The Morgan fingerprint density at radius 3 is 2.30 bits per heavy atom. The molecule has 1 rings (SSSR count). The Hall–Kier alpha value is -0.850. The van der Waals surface area contributed by atoms with E-state index in [1.807, 2.05) is 20.1 Å². The molecule has 0 spiro atoms. The topological polar surface area (TPSA) is 41.5 Å². The molecular weight excluding hydrogens is 284 g/mol. The molecule has 20 heavy (non-hydrogen) atoms. The maximum absolute atomic E-state index is 12.1. The van der Waals surface area contributed by atoms with Crippen molar-refractivity contribution in [3.8, 4) is 5.75 Å². The second-order valence-electron chi connectivity index (χ2n) is 4.58. The number of thioether (sulfide) groups is 1. The van der Waals surface area contributed by atoms with E-state index in [2.05, 4.69) is 10.1 Å². The fourth-order valence-corrected chi connectivity index (χ4v) is 2.61. The van der Waals surface area contributed by atoms with Gasteiger partial charge in [0.2, 0.25) is 0 Å². The minimum Gasteiger partial charge on any atom is -0.435 e. The number of rotatable bonds is 8. The molecule has 2 N–H and O–H groups in total. The minimum absolute atomic E-state index is 0.0619. The van der Waals surface area contributed by atoms with Crippen molar-refractivity contribution >= 4 is 11.8 Å². The van der Waals surface area contributed by atoms with Gasteiger partial charge in [-0.05, 0) is 37.8 Å². The average molecular weight is 305 g/mol. The van der Waals surface area contributed by atoms with Gasteiger partial charge in [-0.1, -0.05) is 12.1 Å². The van der Waals surface area contributed by atoms with E-state index in [-0.39, 0.29) is 29.7 Å². The molecule has 3 nitrogen and oxygen atoms in total. The lowest BCUT2D eigenvalue weighted by atomic mass is 10.1. The maximum atomic E-state index is 12.1. The first kappa shape index (κ1) is 17.2. The van der Waals surface area contributed by atoms with Gasteiger partial charge in [0.15, 0.2) is 0 Å². The van der Waals surface area contributed by atoms with Crippen LogP contribution in [0.4, 0.5) is 8.78 Å². The fourth-order valence-electron chi connectivity index (χ4n) is 1.97. The standard InChI is InChI=1S/C14H21F2NO2S/c1-9(17-10(2)13(8-18)20-3)11-4-6-12(7-5-11)19-14(15)16/h4-7,9-10,13-14,17-18H,8H2,1-3H3. The van der Waals surface area contributed by atoms with Gasteiger partial charge in [0, 0.05) is 17.3 Å². The highest BCUT2D eigenvalue weighted by Crippen LogP contribution is 2.21. The van der Waals surface area contributed by atoms with Crippen LogP contribution >= 0.6 is 11.8 Å². The smallest absolute Gasteiger partial charge is 0.387 e. The first-order valence-corrected chi connectivity index (χ1v) is 7.71. The third kappa shape index (κ3) is 5.26. The number of aliphatic hydroxyl groups excluding tert-OH is 1. The van der Waals surface area contributed by atoms with Gasteiger partial charge in [0.25, 0.3) is 0 Å². The van der Waals surface area contributed by atoms with Crippen molar-refractivity contribution < 1.29 is 18.6 Å². The summed E-state index contributed by atoms with van der Waals surface area (Å²) < 4.78 is 28.4. The molecule has 3 atom stereocenters. The molecule has 114 valence electrons. The maximum Gasteiger partial charge on any atom is 0.387 e. The van der Waals surface area contributed by atoms with Crippen LogP contribution in [-0.2, 0) is 0 Å². The number of hydrogen-bond donors (Lipinski definition) is 2. The predicted molar refractivity (Wildman–Crippen MR) is 78.5 cm³/mol. The Morgan fingerprint density at radius 1 is 1.25 bits per heavy atom. The summed E-state index contributed by atoms with van der Waals surface area (Å²) in [6.07, 6.45) is 1.96. The molecule has 6 heteroatoms. The zero-order valence-corrected chi connectivity index (χ0v) is 12.7. The number of ether oxygens (including phenoxy) is 1. The highest BCUT2D eigenvalue weighted by molar-refractivity contribution is 7.99. The van der Waals surface area contributed by atoms with Crippen LogP contribution in [0.3, 0.4) is 0 Å². The predicted octanol–water partition coefficient (Wildman–Crippen LogP) is 3.05. The second kappa shape index (κ2) is 8.44. The van der Waals surface area contributed by atoms with Crippen LogP contribution in [0.25, 0.3) is 0 Å². The van der Waals surface area contributed by atoms with Crippen molar-refractivity contribution in [2.24, 2.45) is 0 Å². The highest BCUT2D eigenvalue weighted by Gasteiger charge is 2.17. The molecule has 0 saturated carbocycles. The Kier molecular flexibility index (Phi) is 7.26. The van der Waals surface area contributed by atoms with E-state index in [4.69, 9.17) is 0 Å². The van der Waals surface area contributed by atoms with Crippen LogP contribution in [0.15, 0.2) is 24.3 Å². The summed E-state index contributed by atoms with van der Waals surface area (Å²) in [7, 11) is 0. The number of hydrogen-bond acceptors (Lipinski definition) is 4. The van der Waals surface area contributed by atoms with Gasteiger partial charge in [-0.2, -0.15) is 20.5 Å². The summed E-state index contributed by atoms with van der Waals surface area (Å²) in [4.78, 5) is 0. The largest absolute Gasteiger partial charge is 0.435 e. The normalized spacial score (nSPS) is 15.9. The summed E-state index contributed by atoms with van der Waals surface area (Å²) in [5.41, 5.74) is 0.983. The zero-order valence-electron chi connectivity index (χ0n) is 11.8.